The first kappa shape index (κ1) is 32.9. The van der Waals surface area contributed by atoms with E-state index < -0.39 is 6.17 Å². The number of carbonyl (C=O) groups is 1. The van der Waals surface area contributed by atoms with Gasteiger partial charge in [-0.15, -0.1) is 11.3 Å². The van der Waals surface area contributed by atoms with Crippen molar-refractivity contribution in [1.82, 2.24) is 4.90 Å². The van der Waals surface area contributed by atoms with Gasteiger partial charge in [-0.1, -0.05) is 43.1 Å². The van der Waals surface area contributed by atoms with Crippen LogP contribution in [0.4, 0.5) is 5.00 Å². The van der Waals surface area contributed by atoms with E-state index in [4.69, 9.17) is 9.47 Å². The van der Waals surface area contributed by atoms with Crippen molar-refractivity contribution in [3.05, 3.63) is 55.6 Å². The van der Waals surface area contributed by atoms with E-state index in [9.17, 15) is 15.0 Å². The molecule has 7 nitrogen and oxygen atoms in total. The zero-order valence-corrected chi connectivity index (χ0v) is 26.7. The van der Waals surface area contributed by atoms with Gasteiger partial charge in [-0.2, -0.15) is 0 Å². The molecule has 0 aliphatic carbocycles. The Morgan fingerprint density at radius 2 is 1.92 bits per heavy atom. The van der Waals surface area contributed by atoms with Gasteiger partial charge in [0.2, 0.25) is 12.2 Å². The minimum Gasteiger partial charge on any atom is -0.505 e. The van der Waals surface area contributed by atoms with Crippen molar-refractivity contribution in [3.8, 4) is 5.75 Å². The molecule has 1 atom stereocenters. The number of anilines is 1. The Bertz CT molecular complexity index is 1150. The second-order valence-corrected chi connectivity index (χ2v) is 10.9. The van der Waals surface area contributed by atoms with Crippen LogP contribution < -0.4 is 5.32 Å². The van der Waals surface area contributed by atoms with Crippen molar-refractivity contribution >= 4 is 64.7 Å². The number of nitrogens with zero attached hydrogens (tertiary/aromatic N) is 1. The molecule has 1 unspecified atom stereocenters. The second kappa shape index (κ2) is 15.9. The largest absolute Gasteiger partial charge is 0.505 e. The maximum atomic E-state index is 12.0. The smallest absolute Gasteiger partial charge is 0.211 e. The van der Waals surface area contributed by atoms with E-state index >= 15 is 0 Å². The number of aliphatic hydroxyl groups excluding tert-OH is 1. The first-order chi connectivity index (χ1) is 17.6. The maximum absolute atomic E-state index is 12.0. The third-order valence-corrected chi connectivity index (χ3v) is 8.11. The Hall–Kier alpha value is -2.17. The lowest BCUT2D eigenvalue weighted by molar-refractivity contribution is -0.119. The lowest BCUT2D eigenvalue weighted by atomic mass is 10.1. The Balaban J connectivity index is 0.00000334. The molecule has 2 rings (SSSR count). The third-order valence-electron chi connectivity index (χ3n) is 5.48. The number of phenolic OH excluding ortho intramolecular Hbond substituents is 1. The summed E-state index contributed by atoms with van der Waals surface area (Å²) in [5.41, 5.74) is 1.92. The van der Waals surface area contributed by atoms with Gasteiger partial charge in [0.05, 0.1) is 28.4 Å². The highest BCUT2D eigenvalue weighted by atomic mass is 79.9. The van der Waals surface area contributed by atoms with Crippen LogP contribution in [0.1, 0.15) is 51.7 Å². The number of unbranched alkanes of at least 4 members (excludes halogenated alkanes) is 1. The summed E-state index contributed by atoms with van der Waals surface area (Å²) in [4.78, 5) is 13.7. The lowest BCUT2D eigenvalue weighted by Gasteiger charge is -2.27. The molecule has 0 radical (unpaired) electrons. The summed E-state index contributed by atoms with van der Waals surface area (Å²) in [7, 11) is 2.92. The summed E-state index contributed by atoms with van der Waals surface area (Å²) < 4.78 is 12.7. The number of methoxy groups -OCH3 is 2. The van der Waals surface area contributed by atoms with E-state index in [1.54, 1.807) is 24.0 Å². The van der Waals surface area contributed by atoms with E-state index in [0.717, 1.165) is 45.5 Å². The van der Waals surface area contributed by atoms with Crippen LogP contribution in [0, 0.1) is 13.8 Å². The molecule has 0 fully saturated rings. The molecule has 1 heterocycles. The van der Waals surface area contributed by atoms with Crippen LogP contribution in [-0.4, -0.2) is 48.5 Å². The van der Waals surface area contributed by atoms with Gasteiger partial charge in [-0.3, -0.25) is 4.79 Å². The minimum atomic E-state index is -0.517. The van der Waals surface area contributed by atoms with E-state index in [-0.39, 0.29) is 17.3 Å². The van der Waals surface area contributed by atoms with Crippen LogP contribution >= 0.6 is 43.2 Å². The Labute approximate surface area is 241 Å². The zero-order chi connectivity index (χ0) is 28.3. The Morgan fingerprint density at radius 3 is 2.43 bits per heavy atom. The first-order valence-corrected chi connectivity index (χ1v) is 14.5. The van der Waals surface area contributed by atoms with E-state index in [1.165, 1.54) is 25.6 Å². The molecule has 206 valence electrons. The summed E-state index contributed by atoms with van der Waals surface area (Å²) >= 11 is 8.13. The van der Waals surface area contributed by atoms with Crippen LogP contribution in [0.15, 0.2) is 44.5 Å². The molecule has 0 aliphatic heterocycles. The van der Waals surface area contributed by atoms with Gasteiger partial charge < -0.3 is 29.9 Å². The number of thiophene rings is 1. The fraction of sp³-hybridized carbons (Fsp3) is 0.444. The number of amides is 1. The number of rotatable bonds is 12. The number of allylic oxidation sites excluding steroid dienone is 2. The van der Waals surface area contributed by atoms with Crippen LogP contribution in [0.3, 0.4) is 0 Å². The van der Waals surface area contributed by atoms with Crippen molar-refractivity contribution in [2.75, 3.05) is 26.1 Å². The average Bonchev–Trinajstić information content (AvgIpc) is 3.20. The number of fused-ring (bicyclic) bond motifs is 1. The van der Waals surface area contributed by atoms with E-state index in [2.05, 4.69) is 44.1 Å². The molecule has 37 heavy (non-hydrogen) atoms. The summed E-state index contributed by atoms with van der Waals surface area (Å²) in [6.45, 7) is 12.2. The van der Waals surface area contributed by atoms with Crippen LogP contribution in [-0.2, 0) is 14.3 Å². The summed E-state index contributed by atoms with van der Waals surface area (Å²) in [5, 5.41) is 26.3. The zero-order valence-electron chi connectivity index (χ0n) is 22.7. The number of hydrogen-bond acceptors (Lipinski definition) is 7. The van der Waals surface area contributed by atoms with Gasteiger partial charge in [0, 0.05) is 16.4 Å². The van der Waals surface area contributed by atoms with Crippen molar-refractivity contribution in [2.45, 2.75) is 60.5 Å². The molecule has 0 spiro atoms. The van der Waals surface area contributed by atoms with Crippen molar-refractivity contribution < 1.29 is 24.5 Å². The first-order valence-electron chi connectivity index (χ1n) is 12.1. The van der Waals surface area contributed by atoms with Crippen molar-refractivity contribution in [1.29, 1.82) is 0 Å². The number of benzene rings is 1. The monoisotopic (exact) mass is 660 g/mol. The summed E-state index contributed by atoms with van der Waals surface area (Å²) in [5.74, 6) is 0.565. The number of aryl methyl sites for hydroxylation is 2. The Kier molecular flexibility index (Phi) is 14.2. The molecule has 0 saturated carbocycles. The molecule has 0 saturated heterocycles. The SMILES string of the molecule is CC.CCCCN(C=O)C(/C=C/C(OC)=C(OC)\C(O)=C(/C)Br)Nc1sc2c(O)c(Br)c(C)cc2c1C. The Morgan fingerprint density at radius 1 is 1.27 bits per heavy atom. The lowest BCUT2D eigenvalue weighted by Crippen LogP contribution is -2.39. The van der Waals surface area contributed by atoms with Gasteiger partial charge in [0.25, 0.3) is 0 Å². The van der Waals surface area contributed by atoms with Crippen LogP contribution in [0.2, 0.25) is 0 Å². The minimum absolute atomic E-state index is 0.0893. The summed E-state index contributed by atoms with van der Waals surface area (Å²) in [6, 6.07) is 2.03. The van der Waals surface area contributed by atoms with Gasteiger partial charge in [0.15, 0.2) is 11.5 Å². The highest BCUT2D eigenvalue weighted by Gasteiger charge is 2.21. The molecule has 3 N–H and O–H groups in total. The number of aromatic hydroxyl groups is 1. The highest BCUT2D eigenvalue weighted by molar-refractivity contribution is 9.11. The van der Waals surface area contributed by atoms with Gasteiger partial charge >= 0.3 is 0 Å². The maximum Gasteiger partial charge on any atom is 0.211 e. The third kappa shape index (κ3) is 8.15. The van der Waals surface area contributed by atoms with Crippen LogP contribution in [0.5, 0.6) is 5.75 Å². The molecule has 2 aromatic rings. The molecule has 1 aromatic carbocycles. The van der Waals surface area contributed by atoms with Gasteiger partial charge in [0.1, 0.15) is 11.9 Å². The number of halogens is 2. The molecular weight excluding hydrogens is 624 g/mol. The van der Waals surface area contributed by atoms with E-state index in [1.807, 2.05) is 33.8 Å². The fourth-order valence-electron chi connectivity index (χ4n) is 3.44. The average molecular weight is 662 g/mol. The van der Waals surface area contributed by atoms with Gasteiger partial charge in [-0.25, -0.2) is 0 Å². The number of nitrogens with one attached hydrogen (secondary N) is 1. The molecule has 1 amide bonds. The molecule has 1 aromatic heterocycles. The summed E-state index contributed by atoms with van der Waals surface area (Å²) in [6.07, 6.45) is 5.51. The topological polar surface area (TPSA) is 91.3 Å². The predicted molar refractivity (Wildman–Crippen MR) is 162 cm³/mol. The molecule has 10 heteroatoms. The number of hydrogen-bond donors (Lipinski definition) is 3. The normalized spacial score (nSPS) is 13.4. The number of aliphatic hydroxyl groups is 1. The fourth-order valence-corrected chi connectivity index (χ4v) is 5.23. The number of ether oxygens (including phenoxy) is 2. The number of carbonyl (C=O) groups excluding carboxylic acids is 1. The molecular formula is C27H38Br2N2O5S. The number of phenols is 1. The van der Waals surface area contributed by atoms with Crippen molar-refractivity contribution in [2.24, 2.45) is 0 Å². The van der Waals surface area contributed by atoms with Crippen molar-refractivity contribution in [3.63, 3.8) is 0 Å². The standard InChI is InChI=1S/C25H32Br2N2O5S.C2H6/c1-7-8-11-29(13-30)19(10-9-18(33-5)23(34-6)21(31)16(4)26)28-25-15(3)17-12-14(2)20(27)22(32)24(17)35-25;1-2/h9-10,12-13,19,28,31-32H,7-8,11H2,1-6H3;1-2H3/b10-9+,21-16-,23-18-;. The quantitative estimate of drug-likeness (QED) is 0.0918. The van der Waals surface area contributed by atoms with Crippen LogP contribution in [0.25, 0.3) is 10.1 Å². The van der Waals surface area contributed by atoms with Gasteiger partial charge in [-0.05, 0) is 72.5 Å². The highest BCUT2D eigenvalue weighted by Crippen LogP contribution is 2.45. The van der Waals surface area contributed by atoms with E-state index in [0.29, 0.717) is 21.3 Å². The molecule has 0 aliphatic rings. The molecule has 0 bridgehead atoms. The predicted octanol–water partition coefficient (Wildman–Crippen LogP) is 8.25. The second-order valence-electron chi connectivity index (χ2n) is 7.92.